The van der Waals surface area contributed by atoms with Crippen LogP contribution >= 0.6 is 31.9 Å². The van der Waals surface area contributed by atoms with Crippen molar-refractivity contribution in [2.24, 2.45) is 0 Å². The summed E-state index contributed by atoms with van der Waals surface area (Å²) in [6.45, 7) is 0. The van der Waals surface area contributed by atoms with Crippen LogP contribution in [0, 0.1) is 5.82 Å². The molecule has 0 spiro atoms. The maximum absolute atomic E-state index is 13.3. The summed E-state index contributed by atoms with van der Waals surface area (Å²) in [7, 11) is 1.91. The molecule has 100 valence electrons. The number of likely N-dealkylation sites (N-methyl/N-ethyl adjacent to an activating group) is 1. The molecule has 0 bridgehead atoms. The first-order chi connectivity index (χ1) is 9.11. The molecule has 1 atom stereocenters. The predicted octanol–water partition coefficient (Wildman–Crippen LogP) is 4.85. The van der Waals surface area contributed by atoms with E-state index in [2.05, 4.69) is 43.2 Å². The Labute approximate surface area is 129 Å². The molecule has 1 N–H and O–H groups in total. The lowest BCUT2D eigenvalue weighted by molar-refractivity contribution is 0.581. The molecule has 0 heterocycles. The first-order valence-electron chi connectivity index (χ1n) is 5.97. The number of benzene rings is 2. The van der Waals surface area contributed by atoms with Crippen LogP contribution in [0.15, 0.2) is 51.4 Å². The summed E-state index contributed by atoms with van der Waals surface area (Å²) in [5, 5.41) is 3.28. The third-order valence-electron chi connectivity index (χ3n) is 3.06. The lowest BCUT2D eigenvalue weighted by Gasteiger charge is -2.19. The highest BCUT2D eigenvalue weighted by Gasteiger charge is 2.14. The van der Waals surface area contributed by atoms with Gasteiger partial charge in [0.15, 0.2) is 0 Å². The quantitative estimate of drug-likeness (QED) is 0.791. The summed E-state index contributed by atoms with van der Waals surface area (Å²) in [5.41, 5.74) is 2.12. The fourth-order valence-corrected chi connectivity index (χ4v) is 3.01. The van der Waals surface area contributed by atoms with Crippen molar-refractivity contribution in [1.29, 1.82) is 0 Å². The van der Waals surface area contributed by atoms with Gasteiger partial charge in [0.2, 0.25) is 0 Å². The first kappa shape index (κ1) is 14.7. The van der Waals surface area contributed by atoms with Gasteiger partial charge in [0.25, 0.3) is 0 Å². The zero-order valence-corrected chi connectivity index (χ0v) is 13.6. The molecule has 0 saturated heterocycles. The second-order valence-electron chi connectivity index (χ2n) is 4.30. The van der Waals surface area contributed by atoms with Gasteiger partial charge in [-0.15, -0.1) is 0 Å². The summed E-state index contributed by atoms with van der Waals surface area (Å²) in [4.78, 5) is 0. The Morgan fingerprint density at radius 3 is 2.53 bits per heavy atom. The summed E-state index contributed by atoms with van der Waals surface area (Å²) >= 11 is 7.03. The van der Waals surface area contributed by atoms with Crippen LogP contribution in [-0.2, 0) is 6.42 Å². The van der Waals surface area contributed by atoms with Crippen molar-refractivity contribution in [1.82, 2.24) is 5.32 Å². The Kier molecular flexibility index (Phi) is 5.13. The van der Waals surface area contributed by atoms with Gasteiger partial charge in [-0.25, -0.2) is 4.39 Å². The summed E-state index contributed by atoms with van der Waals surface area (Å²) in [6, 6.07) is 13.0. The minimum absolute atomic E-state index is 0.133. The van der Waals surface area contributed by atoms with E-state index in [-0.39, 0.29) is 11.9 Å². The second kappa shape index (κ2) is 6.64. The van der Waals surface area contributed by atoms with Gasteiger partial charge in [0.05, 0.1) is 0 Å². The Bertz CT molecular complexity index is 572. The zero-order chi connectivity index (χ0) is 13.8. The average molecular weight is 387 g/mol. The molecule has 0 aliphatic rings. The number of nitrogens with one attached hydrogen (secondary N) is 1. The van der Waals surface area contributed by atoms with Crippen molar-refractivity contribution >= 4 is 31.9 Å². The van der Waals surface area contributed by atoms with Crippen molar-refractivity contribution < 1.29 is 4.39 Å². The molecule has 2 aromatic rings. The molecule has 0 aliphatic heterocycles. The van der Waals surface area contributed by atoms with Crippen molar-refractivity contribution in [3.63, 3.8) is 0 Å². The molecule has 1 unspecified atom stereocenters. The molecule has 1 nitrogen and oxygen atoms in total. The fourth-order valence-electron chi connectivity index (χ4n) is 2.04. The van der Waals surface area contributed by atoms with Gasteiger partial charge in [0, 0.05) is 15.0 Å². The van der Waals surface area contributed by atoms with Crippen LogP contribution in [0.3, 0.4) is 0 Å². The number of rotatable bonds is 4. The van der Waals surface area contributed by atoms with E-state index >= 15 is 0 Å². The van der Waals surface area contributed by atoms with E-state index in [1.807, 2.05) is 25.2 Å². The molecule has 4 heteroatoms. The van der Waals surface area contributed by atoms with Gasteiger partial charge >= 0.3 is 0 Å². The van der Waals surface area contributed by atoms with E-state index in [4.69, 9.17) is 0 Å². The van der Waals surface area contributed by atoms with Crippen LogP contribution in [0.1, 0.15) is 17.2 Å². The Balaban J connectivity index is 2.29. The normalized spacial score (nSPS) is 12.4. The van der Waals surface area contributed by atoms with E-state index in [1.165, 1.54) is 11.6 Å². The largest absolute Gasteiger partial charge is 0.313 e. The van der Waals surface area contributed by atoms with Gasteiger partial charge in [0.1, 0.15) is 5.82 Å². The molecule has 0 saturated carbocycles. The Morgan fingerprint density at radius 1 is 1.11 bits per heavy atom. The van der Waals surface area contributed by atoms with Crippen LogP contribution in [0.5, 0.6) is 0 Å². The lowest BCUT2D eigenvalue weighted by Crippen LogP contribution is -2.19. The van der Waals surface area contributed by atoms with E-state index in [1.54, 1.807) is 12.1 Å². The number of halogens is 3. The maximum Gasteiger partial charge on any atom is 0.123 e. The van der Waals surface area contributed by atoms with E-state index in [0.29, 0.717) is 0 Å². The predicted molar refractivity (Wildman–Crippen MR) is 83.7 cm³/mol. The second-order valence-corrected chi connectivity index (χ2v) is 6.01. The first-order valence-corrected chi connectivity index (χ1v) is 7.56. The monoisotopic (exact) mass is 385 g/mol. The van der Waals surface area contributed by atoms with Crippen LogP contribution < -0.4 is 5.32 Å². The van der Waals surface area contributed by atoms with Gasteiger partial charge < -0.3 is 5.32 Å². The third kappa shape index (κ3) is 3.65. The van der Waals surface area contributed by atoms with E-state index in [9.17, 15) is 4.39 Å². The summed E-state index contributed by atoms with van der Waals surface area (Å²) < 4.78 is 15.3. The highest BCUT2D eigenvalue weighted by molar-refractivity contribution is 9.10. The molecular formula is C15H14Br2FN. The van der Waals surface area contributed by atoms with Crippen LogP contribution in [-0.4, -0.2) is 7.05 Å². The van der Waals surface area contributed by atoms with Crippen molar-refractivity contribution in [2.45, 2.75) is 12.5 Å². The average Bonchev–Trinajstić information content (AvgIpc) is 2.41. The molecule has 2 rings (SSSR count). The molecule has 0 radical (unpaired) electrons. The molecule has 0 fully saturated rings. The summed E-state index contributed by atoms with van der Waals surface area (Å²) in [5.74, 6) is -0.208. The van der Waals surface area contributed by atoms with Gasteiger partial charge in [-0.3, -0.25) is 0 Å². The highest BCUT2D eigenvalue weighted by atomic mass is 79.9. The zero-order valence-electron chi connectivity index (χ0n) is 10.5. The minimum atomic E-state index is -0.208. The smallest absolute Gasteiger partial charge is 0.123 e. The molecule has 0 aromatic heterocycles. The summed E-state index contributed by atoms with van der Waals surface area (Å²) in [6.07, 6.45) is 0.720. The Morgan fingerprint density at radius 2 is 1.84 bits per heavy atom. The van der Waals surface area contributed by atoms with Gasteiger partial charge in [-0.2, -0.15) is 0 Å². The molecule has 0 aliphatic carbocycles. The lowest BCUT2D eigenvalue weighted by atomic mass is 9.99. The van der Waals surface area contributed by atoms with Crippen molar-refractivity contribution in [3.05, 3.63) is 68.4 Å². The van der Waals surface area contributed by atoms with Crippen molar-refractivity contribution in [2.75, 3.05) is 7.05 Å². The maximum atomic E-state index is 13.3. The molecule has 0 amide bonds. The third-order valence-corrected chi connectivity index (χ3v) is 4.56. The van der Waals surface area contributed by atoms with Crippen LogP contribution in [0.2, 0.25) is 0 Å². The van der Waals surface area contributed by atoms with Gasteiger partial charge in [-0.1, -0.05) is 50.1 Å². The standard InChI is InChI=1S/C15H14Br2FN/c1-19-15(12-4-2-3-5-14(12)17)9-10-8-11(18)6-7-13(10)16/h2-8,15,19H,9H2,1H3. The SMILES string of the molecule is CNC(Cc1cc(F)ccc1Br)c1ccccc1Br. The molecule has 19 heavy (non-hydrogen) atoms. The van der Waals surface area contributed by atoms with E-state index < -0.39 is 0 Å². The Hall–Kier alpha value is -0.710. The van der Waals surface area contributed by atoms with Crippen LogP contribution in [0.4, 0.5) is 4.39 Å². The van der Waals surface area contributed by atoms with Crippen molar-refractivity contribution in [3.8, 4) is 0 Å². The van der Waals surface area contributed by atoms with Gasteiger partial charge in [-0.05, 0) is 48.9 Å². The topological polar surface area (TPSA) is 12.0 Å². The number of hydrogen-bond acceptors (Lipinski definition) is 1. The number of hydrogen-bond donors (Lipinski definition) is 1. The van der Waals surface area contributed by atoms with Crippen LogP contribution in [0.25, 0.3) is 0 Å². The molecular weight excluding hydrogens is 373 g/mol. The molecule has 2 aromatic carbocycles. The highest BCUT2D eigenvalue weighted by Crippen LogP contribution is 2.28. The van der Waals surface area contributed by atoms with E-state index in [0.717, 1.165) is 20.9 Å². The fraction of sp³-hybridized carbons (Fsp3) is 0.200. The minimum Gasteiger partial charge on any atom is -0.313 e.